The number of rotatable bonds is 5. The van der Waals surface area contributed by atoms with Crippen LogP contribution >= 0.6 is 0 Å². The third-order valence-corrected chi connectivity index (χ3v) is 6.50. The lowest BCUT2D eigenvalue weighted by atomic mass is 9.63. The normalized spacial score (nSPS) is 35.1. The fourth-order valence-electron chi connectivity index (χ4n) is 5.32. The van der Waals surface area contributed by atoms with Gasteiger partial charge in [-0.15, -0.1) is 0 Å². The monoisotopic (exact) mass is 366 g/mol. The molecule has 1 heterocycles. The van der Waals surface area contributed by atoms with Crippen molar-refractivity contribution < 1.29 is 19.1 Å². The minimum atomic E-state index is -0.357. The first-order chi connectivity index (χ1) is 13.1. The summed E-state index contributed by atoms with van der Waals surface area (Å²) in [6.07, 6.45) is 5.40. The van der Waals surface area contributed by atoms with Crippen molar-refractivity contribution in [2.45, 2.75) is 13.3 Å². The summed E-state index contributed by atoms with van der Waals surface area (Å²) in [4.78, 5) is 39.4. The van der Waals surface area contributed by atoms with E-state index in [1.807, 2.05) is 6.92 Å². The maximum atomic E-state index is 12.9. The molecule has 6 nitrogen and oxygen atoms in total. The van der Waals surface area contributed by atoms with E-state index in [1.54, 1.807) is 24.3 Å². The number of anilines is 1. The second kappa shape index (κ2) is 5.94. The maximum absolute atomic E-state index is 12.9. The van der Waals surface area contributed by atoms with Crippen molar-refractivity contribution in [3.63, 3.8) is 0 Å². The van der Waals surface area contributed by atoms with Crippen molar-refractivity contribution in [2.75, 3.05) is 18.5 Å². The van der Waals surface area contributed by atoms with Gasteiger partial charge in [-0.25, -0.2) is 0 Å². The molecule has 1 saturated heterocycles. The van der Waals surface area contributed by atoms with Crippen LogP contribution in [0.15, 0.2) is 36.4 Å². The van der Waals surface area contributed by atoms with Crippen LogP contribution in [0.25, 0.3) is 0 Å². The highest BCUT2D eigenvalue weighted by Gasteiger charge is 2.67. The molecular formula is C21H22N2O4. The maximum Gasteiger partial charge on any atom is 0.244 e. The van der Waals surface area contributed by atoms with E-state index in [4.69, 9.17) is 4.74 Å². The van der Waals surface area contributed by atoms with Gasteiger partial charge in [-0.1, -0.05) is 12.2 Å². The largest absolute Gasteiger partial charge is 0.494 e. The van der Waals surface area contributed by atoms with E-state index >= 15 is 0 Å². The molecule has 0 aromatic heterocycles. The molecule has 5 aliphatic rings. The Hall–Kier alpha value is -2.63. The summed E-state index contributed by atoms with van der Waals surface area (Å²) in [6, 6.07) is 7.03. The molecule has 0 unspecified atom stereocenters. The number of amides is 3. The van der Waals surface area contributed by atoms with E-state index < -0.39 is 0 Å². The molecule has 1 aromatic rings. The average molecular weight is 366 g/mol. The van der Waals surface area contributed by atoms with Crippen molar-refractivity contribution in [2.24, 2.45) is 35.5 Å². The molecule has 4 aliphatic carbocycles. The van der Waals surface area contributed by atoms with E-state index in [-0.39, 0.29) is 47.9 Å². The quantitative estimate of drug-likeness (QED) is 0.639. The molecule has 6 heteroatoms. The van der Waals surface area contributed by atoms with Gasteiger partial charge >= 0.3 is 0 Å². The van der Waals surface area contributed by atoms with Crippen LogP contribution in [-0.4, -0.2) is 35.8 Å². The van der Waals surface area contributed by atoms with E-state index in [2.05, 4.69) is 17.5 Å². The molecule has 1 aromatic carbocycles. The van der Waals surface area contributed by atoms with Gasteiger partial charge in [0.15, 0.2) is 0 Å². The molecule has 3 fully saturated rings. The van der Waals surface area contributed by atoms with Crippen molar-refractivity contribution in [3.05, 3.63) is 36.4 Å². The third-order valence-electron chi connectivity index (χ3n) is 6.50. The number of likely N-dealkylation sites (tertiary alicyclic amines) is 1. The molecule has 0 radical (unpaired) electrons. The lowest BCUT2D eigenvalue weighted by Gasteiger charge is -2.37. The molecule has 0 spiro atoms. The number of hydrogen-bond donors (Lipinski definition) is 1. The smallest absolute Gasteiger partial charge is 0.244 e. The summed E-state index contributed by atoms with van der Waals surface area (Å²) in [5.41, 5.74) is 0.614. The molecule has 2 bridgehead atoms. The van der Waals surface area contributed by atoms with Crippen LogP contribution in [0.5, 0.6) is 5.75 Å². The molecule has 1 N–H and O–H groups in total. The standard InChI is InChI=1S/C21H22N2O4/c1-2-27-12-5-3-11(4-6-12)22-17(24)10-23-20(25)18-13-7-8-14(16-9-15(13)16)19(18)21(23)26/h3-8,13-16,18-19H,2,9-10H2,1H3,(H,22,24)/t13-,14-,15-,16-,18+,19+/m1/s1. The highest BCUT2D eigenvalue weighted by atomic mass is 16.5. The predicted octanol–water partition coefficient (Wildman–Crippen LogP) is 2.08. The highest BCUT2D eigenvalue weighted by Crippen LogP contribution is 2.65. The molecule has 27 heavy (non-hydrogen) atoms. The Morgan fingerprint density at radius 2 is 1.67 bits per heavy atom. The first-order valence-electron chi connectivity index (χ1n) is 9.64. The second-order valence-corrected chi connectivity index (χ2v) is 7.92. The van der Waals surface area contributed by atoms with E-state index in [0.29, 0.717) is 24.1 Å². The number of nitrogens with one attached hydrogen (secondary N) is 1. The Bertz CT molecular complexity index is 810. The zero-order chi connectivity index (χ0) is 18.7. The fourth-order valence-corrected chi connectivity index (χ4v) is 5.32. The van der Waals surface area contributed by atoms with Gasteiger partial charge in [0.1, 0.15) is 12.3 Å². The zero-order valence-electron chi connectivity index (χ0n) is 15.1. The lowest BCUT2D eigenvalue weighted by molar-refractivity contribution is -0.142. The Morgan fingerprint density at radius 1 is 1.07 bits per heavy atom. The Kier molecular flexibility index (Phi) is 3.64. The summed E-state index contributed by atoms with van der Waals surface area (Å²) >= 11 is 0. The number of ether oxygens (including phenoxy) is 1. The SMILES string of the molecule is CCOc1ccc(NC(=O)CN2C(=O)[C@H]3[C@@H]4C=C[C@H]([C@H]5C[C@H]45)[C@@H]3C2=O)cc1. The lowest BCUT2D eigenvalue weighted by Crippen LogP contribution is -2.40. The van der Waals surface area contributed by atoms with E-state index in [1.165, 1.54) is 4.90 Å². The second-order valence-electron chi connectivity index (χ2n) is 7.92. The number of imide groups is 1. The van der Waals surface area contributed by atoms with Gasteiger partial charge in [0.25, 0.3) is 0 Å². The summed E-state index contributed by atoms with van der Waals surface area (Å²) in [6.45, 7) is 2.26. The van der Waals surface area contributed by atoms with Crippen molar-refractivity contribution in [1.29, 1.82) is 0 Å². The molecule has 6 rings (SSSR count). The van der Waals surface area contributed by atoms with Crippen LogP contribution in [0.2, 0.25) is 0 Å². The fraction of sp³-hybridized carbons (Fsp3) is 0.476. The Labute approximate surface area is 157 Å². The van der Waals surface area contributed by atoms with E-state index in [9.17, 15) is 14.4 Å². The number of benzene rings is 1. The molecule has 3 amide bonds. The first-order valence-corrected chi connectivity index (χ1v) is 9.64. The van der Waals surface area contributed by atoms with Crippen molar-refractivity contribution >= 4 is 23.4 Å². The molecule has 1 aliphatic heterocycles. The summed E-state index contributed by atoms with van der Waals surface area (Å²) < 4.78 is 5.38. The van der Waals surface area contributed by atoms with Gasteiger partial charge in [0, 0.05) is 5.69 Å². The molecule has 2 saturated carbocycles. The van der Waals surface area contributed by atoms with Crippen LogP contribution in [0.4, 0.5) is 5.69 Å². The first kappa shape index (κ1) is 16.5. The molecule has 6 atom stereocenters. The predicted molar refractivity (Wildman–Crippen MR) is 97.7 cm³/mol. The van der Waals surface area contributed by atoms with E-state index in [0.717, 1.165) is 12.2 Å². The van der Waals surface area contributed by atoms with Crippen molar-refractivity contribution in [1.82, 2.24) is 4.90 Å². The van der Waals surface area contributed by atoms with Gasteiger partial charge in [-0.2, -0.15) is 0 Å². The minimum Gasteiger partial charge on any atom is -0.494 e. The van der Waals surface area contributed by atoms with Gasteiger partial charge in [-0.3, -0.25) is 19.3 Å². The highest BCUT2D eigenvalue weighted by molar-refractivity contribution is 6.09. The number of hydrogen-bond acceptors (Lipinski definition) is 4. The zero-order valence-corrected chi connectivity index (χ0v) is 15.1. The third kappa shape index (κ3) is 2.50. The van der Waals surface area contributed by atoms with Crippen LogP contribution in [0.1, 0.15) is 13.3 Å². The number of allylic oxidation sites excluding steroid dienone is 2. The van der Waals surface area contributed by atoms with Crippen LogP contribution < -0.4 is 10.1 Å². The topological polar surface area (TPSA) is 75.7 Å². The average Bonchev–Trinajstić information content (AvgIpc) is 3.45. The number of carbonyl (C=O) groups is 3. The summed E-state index contributed by atoms with van der Waals surface area (Å²) in [5.74, 6) is 1.01. The Balaban J connectivity index is 1.27. The summed E-state index contributed by atoms with van der Waals surface area (Å²) in [5, 5.41) is 2.76. The van der Waals surface area contributed by atoms with Crippen LogP contribution in [0.3, 0.4) is 0 Å². The van der Waals surface area contributed by atoms with Gasteiger partial charge < -0.3 is 10.1 Å². The minimum absolute atomic E-state index is 0.170. The number of nitrogens with zero attached hydrogens (tertiary/aromatic N) is 1. The van der Waals surface area contributed by atoms with Crippen LogP contribution in [0, 0.1) is 35.5 Å². The summed E-state index contributed by atoms with van der Waals surface area (Å²) in [7, 11) is 0. The van der Waals surface area contributed by atoms with Crippen molar-refractivity contribution in [3.8, 4) is 5.75 Å². The van der Waals surface area contributed by atoms with Crippen LogP contribution in [-0.2, 0) is 14.4 Å². The number of carbonyl (C=O) groups excluding carboxylic acids is 3. The Morgan fingerprint density at radius 3 is 2.22 bits per heavy atom. The van der Waals surface area contributed by atoms with Gasteiger partial charge in [-0.05, 0) is 61.3 Å². The molecule has 140 valence electrons. The van der Waals surface area contributed by atoms with Gasteiger partial charge in [0.2, 0.25) is 17.7 Å². The molecular weight excluding hydrogens is 344 g/mol. The van der Waals surface area contributed by atoms with Gasteiger partial charge in [0.05, 0.1) is 18.4 Å².